The van der Waals surface area contributed by atoms with Gasteiger partial charge in [-0.25, -0.2) is 0 Å². The zero-order valence-corrected chi connectivity index (χ0v) is 11.3. The van der Waals surface area contributed by atoms with Crippen LogP contribution in [0.5, 0.6) is 0 Å². The number of imide groups is 1. The molecule has 6 heteroatoms. The van der Waals surface area contributed by atoms with Crippen molar-refractivity contribution in [3.8, 4) is 0 Å². The summed E-state index contributed by atoms with van der Waals surface area (Å²) in [6.07, 6.45) is 1.78. The SMILES string of the molecule is CC1CN(CC(=O)NC(=O)c2cccn2C)CCN1. The Morgan fingerprint density at radius 1 is 1.53 bits per heavy atom. The van der Waals surface area contributed by atoms with E-state index in [-0.39, 0.29) is 18.4 Å². The molecule has 1 atom stereocenters. The van der Waals surface area contributed by atoms with Crippen LogP contribution in [0.2, 0.25) is 0 Å². The van der Waals surface area contributed by atoms with E-state index in [1.54, 1.807) is 29.9 Å². The highest BCUT2D eigenvalue weighted by Crippen LogP contribution is 2.00. The van der Waals surface area contributed by atoms with Gasteiger partial charge in [0.1, 0.15) is 5.69 Å². The summed E-state index contributed by atoms with van der Waals surface area (Å²) in [6.45, 7) is 4.88. The molecule has 1 aromatic heterocycles. The lowest BCUT2D eigenvalue weighted by atomic mass is 10.2. The van der Waals surface area contributed by atoms with Crippen LogP contribution in [0.25, 0.3) is 0 Å². The minimum Gasteiger partial charge on any atom is -0.347 e. The first-order chi connectivity index (χ1) is 9.06. The Labute approximate surface area is 112 Å². The molecule has 2 amide bonds. The molecule has 1 fully saturated rings. The molecular formula is C13H20N4O2. The highest BCUT2D eigenvalue weighted by Gasteiger charge is 2.19. The standard InChI is InChI=1S/C13H20N4O2/c1-10-8-17(7-5-14-10)9-12(18)15-13(19)11-4-3-6-16(11)2/h3-4,6,10,14H,5,7-9H2,1-2H3,(H,15,18,19). The summed E-state index contributed by atoms with van der Waals surface area (Å²) < 4.78 is 1.69. The van der Waals surface area contributed by atoms with Crippen LogP contribution in [-0.2, 0) is 11.8 Å². The number of nitrogens with one attached hydrogen (secondary N) is 2. The van der Waals surface area contributed by atoms with Crippen LogP contribution in [0.15, 0.2) is 18.3 Å². The third-order valence-electron chi connectivity index (χ3n) is 3.25. The quantitative estimate of drug-likeness (QED) is 0.778. The fraction of sp³-hybridized carbons (Fsp3) is 0.538. The van der Waals surface area contributed by atoms with Crippen LogP contribution < -0.4 is 10.6 Å². The number of aryl methyl sites for hydroxylation is 1. The second-order valence-electron chi connectivity index (χ2n) is 4.97. The number of hydrogen-bond acceptors (Lipinski definition) is 4. The first-order valence-electron chi connectivity index (χ1n) is 6.47. The van der Waals surface area contributed by atoms with Crippen LogP contribution in [0.1, 0.15) is 17.4 Å². The summed E-state index contributed by atoms with van der Waals surface area (Å²) in [4.78, 5) is 25.7. The lowest BCUT2D eigenvalue weighted by Crippen LogP contribution is -2.52. The van der Waals surface area contributed by atoms with Gasteiger partial charge in [-0.05, 0) is 19.1 Å². The molecule has 1 unspecified atom stereocenters. The van der Waals surface area contributed by atoms with E-state index in [2.05, 4.69) is 22.5 Å². The van der Waals surface area contributed by atoms with Gasteiger partial charge in [0.2, 0.25) is 5.91 Å². The number of hydrogen-bond donors (Lipinski definition) is 2. The smallest absolute Gasteiger partial charge is 0.274 e. The third-order valence-corrected chi connectivity index (χ3v) is 3.25. The molecule has 0 bridgehead atoms. The zero-order valence-electron chi connectivity index (χ0n) is 11.3. The molecule has 0 saturated carbocycles. The molecule has 0 radical (unpaired) electrons. The Kier molecular flexibility index (Phi) is 4.34. The van der Waals surface area contributed by atoms with Crippen LogP contribution in [0.4, 0.5) is 0 Å². The molecule has 6 nitrogen and oxygen atoms in total. The van der Waals surface area contributed by atoms with Gasteiger partial charge in [-0.2, -0.15) is 0 Å². The van der Waals surface area contributed by atoms with E-state index in [4.69, 9.17) is 0 Å². The monoisotopic (exact) mass is 264 g/mol. The third kappa shape index (κ3) is 3.65. The van der Waals surface area contributed by atoms with Gasteiger partial charge in [0.15, 0.2) is 0 Å². The predicted octanol–water partition coefficient (Wildman–Crippen LogP) is -0.425. The van der Waals surface area contributed by atoms with Crippen molar-refractivity contribution >= 4 is 11.8 Å². The molecule has 0 spiro atoms. The minimum absolute atomic E-state index is 0.250. The highest BCUT2D eigenvalue weighted by molar-refractivity contribution is 6.04. The van der Waals surface area contributed by atoms with Crippen molar-refractivity contribution in [2.24, 2.45) is 7.05 Å². The van der Waals surface area contributed by atoms with Gasteiger partial charge < -0.3 is 9.88 Å². The van der Waals surface area contributed by atoms with E-state index in [0.29, 0.717) is 11.7 Å². The summed E-state index contributed by atoms with van der Waals surface area (Å²) in [5.74, 6) is -0.596. The van der Waals surface area contributed by atoms with Crippen molar-refractivity contribution in [3.63, 3.8) is 0 Å². The van der Waals surface area contributed by atoms with Gasteiger partial charge in [-0.1, -0.05) is 0 Å². The second kappa shape index (κ2) is 5.99. The molecule has 1 aromatic rings. The summed E-state index contributed by atoms with van der Waals surface area (Å²) in [6, 6.07) is 3.84. The van der Waals surface area contributed by atoms with Crippen molar-refractivity contribution in [1.82, 2.24) is 20.1 Å². The van der Waals surface area contributed by atoms with E-state index in [9.17, 15) is 9.59 Å². The van der Waals surface area contributed by atoms with E-state index in [1.807, 2.05) is 0 Å². The largest absolute Gasteiger partial charge is 0.347 e. The summed E-state index contributed by atoms with van der Waals surface area (Å²) in [7, 11) is 1.78. The fourth-order valence-corrected chi connectivity index (χ4v) is 2.29. The molecule has 2 N–H and O–H groups in total. The topological polar surface area (TPSA) is 66.4 Å². The lowest BCUT2D eigenvalue weighted by molar-refractivity contribution is -0.121. The Morgan fingerprint density at radius 3 is 2.95 bits per heavy atom. The number of aromatic nitrogens is 1. The predicted molar refractivity (Wildman–Crippen MR) is 71.8 cm³/mol. The maximum atomic E-state index is 11.9. The maximum Gasteiger partial charge on any atom is 0.274 e. The molecule has 1 saturated heterocycles. The summed E-state index contributed by atoms with van der Waals surface area (Å²) >= 11 is 0. The summed E-state index contributed by atoms with van der Waals surface area (Å²) in [5, 5.41) is 5.74. The minimum atomic E-state index is -0.347. The van der Waals surface area contributed by atoms with Crippen LogP contribution in [0.3, 0.4) is 0 Å². The van der Waals surface area contributed by atoms with Gasteiger partial charge in [-0.3, -0.25) is 19.8 Å². The van der Waals surface area contributed by atoms with Gasteiger partial charge in [-0.15, -0.1) is 0 Å². The molecule has 1 aliphatic rings. The van der Waals surface area contributed by atoms with Crippen LogP contribution in [-0.4, -0.2) is 53.5 Å². The average molecular weight is 264 g/mol. The van der Waals surface area contributed by atoms with Crippen molar-refractivity contribution < 1.29 is 9.59 Å². The number of rotatable bonds is 3. The number of nitrogens with zero attached hydrogens (tertiary/aromatic N) is 2. The average Bonchev–Trinajstić information content (AvgIpc) is 2.75. The molecule has 2 heterocycles. The van der Waals surface area contributed by atoms with Gasteiger partial charge in [0.05, 0.1) is 6.54 Å². The van der Waals surface area contributed by atoms with E-state index >= 15 is 0 Å². The molecular weight excluding hydrogens is 244 g/mol. The number of carbonyl (C=O) groups is 2. The van der Waals surface area contributed by atoms with Crippen molar-refractivity contribution in [2.45, 2.75) is 13.0 Å². The van der Waals surface area contributed by atoms with Crippen molar-refractivity contribution in [2.75, 3.05) is 26.2 Å². The first kappa shape index (κ1) is 13.8. The van der Waals surface area contributed by atoms with E-state index in [1.165, 1.54) is 0 Å². The van der Waals surface area contributed by atoms with Gasteiger partial charge in [0.25, 0.3) is 5.91 Å². The Hall–Kier alpha value is -1.66. The molecule has 1 aliphatic heterocycles. The molecule has 0 aliphatic carbocycles. The zero-order chi connectivity index (χ0) is 13.8. The number of piperazine rings is 1. The second-order valence-corrected chi connectivity index (χ2v) is 4.97. The lowest BCUT2D eigenvalue weighted by Gasteiger charge is -2.31. The Morgan fingerprint density at radius 2 is 2.32 bits per heavy atom. The van der Waals surface area contributed by atoms with Crippen LogP contribution >= 0.6 is 0 Å². The highest BCUT2D eigenvalue weighted by atomic mass is 16.2. The fourth-order valence-electron chi connectivity index (χ4n) is 2.29. The Bertz CT molecular complexity index is 469. The molecule has 2 rings (SSSR count). The summed E-state index contributed by atoms with van der Waals surface area (Å²) in [5.41, 5.74) is 0.488. The van der Waals surface area contributed by atoms with Crippen LogP contribution in [0, 0.1) is 0 Å². The normalized spacial score (nSPS) is 20.2. The van der Waals surface area contributed by atoms with E-state index in [0.717, 1.165) is 19.6 Å². The Balaban J connectivity index is 1.84. The molecule has 104 valence electrons. The first-order valence-corrected chi connectivity index (χ1v) is 6.47. The number of amides is 2. The van der Waals surface area contributed by atoms with Crippen molar-refractivity contribution in [1.29, 1.82) is 0 Å². The van der Waals surface area contributed by atoms with Gasteiger partial charge >= 0.3 is 0 Å². The van der Waals surface area contributed by atoms with E-state index < -0.39 is 0 Å². The maximum absolute atomic E-state index is 11.9. The molecule has 19 heavy (non-hydrogen) atoms. The van der Waals surface area contributed by atoms with Gasteiger partial charge in [0, 0.05) is 38.9 Å². The number of carbonyl (C=O) groups excluding carboxylic acids is 2. The van der Waals surface area contributed by atoms with Crippen molar-refractivity contribution in [3.05, 3.63) is 24.0 Å². The molecule has 0 aromatic carbocycles.